The summed E-state index contributed by atoms with van der Waals surface area (Å²) in [4.78, 5) is 11.8. The van der Waals surface area contributed by atoms with Crippen molar-refractivity contribution in [1.29, 1.82) is 0 Å². The average Bonchev–Trinajstić information content (AvgIpc) is 2.90. The number of rotatable bonds is 32. The van der Waals surface area contributed by atoms with Crippen molar-refractivity contribution < 1.29 is 9.53 Å². The highest BCUT2D eigenvalue weighted by Crippen LogP contribution is 2.16. The van der Waals surface area contributed by atoms with Crippen LogP contribution in [0.1, 0.15) is 200 Å². The normalized spacial score (nSPS) is 11.2. The van der Waals surface area contributed by atoms with Gasteiger partial charge in [-0.3, -0.25) is 4.79 Å². The van der Waals surface area contributed by atoms with Gasteiger partial charge >= 0.3 is 5.97 Å². The summed E-state index contributed by atoms with van der Waals surface area (Å²) in [5.74, 6) is 0.00453. The van der Waals surface area contributed by atoms with Crippen molar-refractivity contribution in [1.82, 2.24) is 0 Å². The lowest BCUT2D eigenvalue weighted by Crippen LogP contribution is -2.05. The van der Waals surface area contributed by atoms with Crippen LogP contribution in [0.25, 0.3) is 0 Å². The molecule has 0 saturated carbocycles. The number of hydrogen-bond donors (Lipinski definition) is 0. The molecule has 0 spiro atoms. The number of carbonyl (C=O) groups excluding carboxylic acids is 1. The topological polar surface area (TPSA) is 26.3 Å². The van der Waals surface area contributed by atoms with E-state index in [1.165, 1.54) is 161 Å². The summed E-state index contributed by atoms with van der Waals surface area (Å²) in [6.45, 7) is 6.64. The minimum atomic E-state index is 0.00453. The van der Waals surface area contributed by atoms with Gasteiger partial charge in [0.1, 0.15) is 0 Å². The van der Waals surface area contributed by atoms with Gasteiger partial charge in [-0.2, -0.15) is 0 Å². The van der Waals surface area contributed by atoms with Gasteiger partial charge in [0, 0.05) is 6.42 Å². The quantitative estimate of drug-likeness (QED) is 0.0500. The molecule has 0 saturated heterocycles. The first-order valence-electron chi connectivity index (χ1n) is 17.1. The van der Waals surface area contributed by atoms with Gasteiger partial charge in [-0.05, 0) is 25.7 Å². The highest BCUT2D eigenvalue weighted by Gasteiger charge is 2.02. The average molecular weight is 521 g/mol. The van der Waals surface area contributed by atoms with E-state index in [1.54, 1.807) is 0 Å². The van der Waals surface area contributed by atoms with Crippen LogP contribution >= 0.6 is 0 Å². The Morgan fingerprint density at radius 2 is 0.811 bits per heavy atom. The van der Waals surface area contributed by atoms with E-state index in [2.05, 4.69) is 13.5 Å². The summed E-state index contributed by atoms with van der Waals surface area (Å²) in [5.41, 5.74) is 0. The molecule has 0 atom stereocenters. The van der Waals surface area contributed by atoms with Crippen LogP contribution in [0.4, 0.5) is 0 Å². The van der Waals surface area contributed by atoms with Crippen LogP contribution in [0.2, 0.25) is 0 Å². The van der Waals surface area contributed by atoms with Crippen LogP contribution in [0.3, 0.4) is 0 Å². The van der Waals surface area contributed by atoms with Crippen LogP contribution in [-0.2, 0) is 9.53 Å². The molecular weight excluding hydrogens is 452 g/mol. The number of unbranched alkanes of at least 4 members (excludes halogenated alkanes) is 27. The molecule has 0 aromatic rings. The van der Waals surface area contributed by atoms with Crippen LogP contribution in [0.15, 0.2) is 12.7 Å². The second kappa shape index (κ2) is 33.2. The third-order valence-electron chi connectivity index (χ3n) is 7.80. The van der Waals surface area contributed by atoms with Gasteiger partial charge in [-0.1, -0.05) is 174 Å². The fourth-order valence-electron chi connectivity index (χ4n) is 5.23. The highest BCUT2D eigenvalue weighted by atomic mass is 16.5. The summed E-state index contributed by atoms with van der Waals surface area (Å²) in [6.07, 6.45) is 41.9. The number of esters is 1. The van der Waals surface area contributed by atoms with E-state index in [-0.39, 0.29) is 5.97 Å². The minimum Gasteiger partial charge on any atom is -0.466 e. The Kier molecular flexibility index (Phi) is 32.5. The molecule has 0 aromatic carbocycles. The van der Waals surface area contributed by atoms with Gasteiger partial charge < -0.3 is 4.74 Å². The van der Waals surface area contributed by atoms with Crippen molar-refractivity contribution in [2.45, 2.75) is 200 Å². The Labute approximate surface area is 234 Å². The second-order valence-corrected chi connectivity index (χ2v) is 11.6. The molecule has 2 nitrogen and oxygen atoms in total. The molecule has 0 heterocycles. The second-order valence-electron chi connectivity index (χ2n) is 11.6. The summed E-state index contributed by atoms with van der Waals surface area (Å²) < 4.78 is 5.34. The maximum absolute atomic E-state index is 11.8. The molecule has 0 N–H and O–H groups in total. The summed E-state index contributed by atoms with van der Waals surface area (Å²) in [5, 5.41) is 0. The molecule has 2 heteroatoms. The zero-order valence-corrected chi connectivity index (χ0v) is 25.5. The first-order chi connectivity index (χ1) is 18.3. The van der Waals surface area contributed by atoms with E-state index < -0.39 is 0 Å². The smallest absolute Gasteiger partial charge is 0.305 e. The van der Waals surface area contributed by atoms with Gasteiger partial charge in [0.2, 0.25) is 0 Å². The molecule has 0 amide bonds. The van der Waals surface area contributed by atoms with Crippen LogP contribution < -0.4 is 0 Å². The van der Waals surface area contributed by atoms with E-state index in [0.717, 1.165) is 25.7 Å². The van der Waals surface area contributed by atoms with Gasteiger partial charge in [-0.15, -0.1) is 6.58 Å². The molecule has 0 rings (SSSR count). The molecule has 0 unspecified atom stereocenters. The third-order valence-corrected chi connectivity index (χ3v) is 7.80. The largest absolute Gasteiger partial charge is 0.466 e. The minimum absolute atomic E-state index is 0.00453. The first-order valence-corrected chi connectivity index (χ1v) is 17.1. The van der Waals surface area contributed by atoms with Crippen molar-refractivity contribution >= 4 is 5.97 Å². The fourth-order valence-corrected chi connectivity index (χ4v) is 5.23. The van der Waals surface area contributed by atoms with E-state index >= 15 is 0 Å². The monoisotopic (exact) mass is 521 g/mol. The molecule has 0 aliphatic heterocycles. The van der Waals surface area contributed by atoms with Crippen molar-refractivity contribution in [3.05, 3.63) is 12.7 Å². The lowest BCUT2D eigenvalue weighted by molar-refractivity contribution is -0.143. The SMILES string of the molecule is C=CCCCCCCOC(=O)CCCCCCCCCCCCCCCCCCCCCCCCCC. The first kappa shape index (κ1) is 36.2. The van der Waals surface area contributed by atoms with Crippen molar-refractivity contribution in [2.24, 2.45) is 0 Å². The maximum atomic E-state index is 11.8. The Morgan fingerprint density at radius 3 is 1.19 bits per heavy atom. The number of allylic oxidation sites excluding steroid dienone is 1. The van der Waals surface area contributed by atoms with Crippen LogP contribution in [-0.4, -0.2) is 12.6 Å². The van der Waals surface area contributed by atoms with Gasteiger partial charge in [0.25, 0.3) is 0 Å². The highest BCUT2D eigenvalue weighted by molar-refractivity contribution is 5.69. The lowest BCUT2D eigenvalue weighted by atomic mass is 10.0. The molecule has 0 aromatic heterocycles. The lowest BCUT2D eigenvalue weighted by Gasteiger charge is -2.05. The van der Waals surface area contributed by atoms with Crippen molar-refractivity contribution in [3.8, 4) is 0 Å². The molecule has 0 aliphatic carbocycles. The van der Waals surface area contributed by atoms with E-state index in [4.69, 9.17) is 4.74 Å². The zero-order valence-electron chi connectivity index (χ0n) is 25.5. The predicted molar refractivity (Wildman–Crippen MR) is 165 cm³/mol. The molecule has 0 radical (unpaired) electrons. The van der Waals surface area contributed by atoms with Crippen molar-refractivity contribution in [3.63, 3.8) is 0 Å². The molecule has 220 valence electrons. The molecular formula is C35H68O2. The summed E-state index contributed by atoms with van der Waals surface area (Å²) in [7, 11) is 0. The van der Waals surface area contributed by atoms with E-state index in [9.17, 15) is 4.79 Å². The molecule has 37 heavy (non-hydrogen) atoms. The standard InChI is InChI=1S/C35H68O2/c1-3-5-7-9-11-12-13-14-15-16-17-18-19-20-21-22-23-24-25-26-27-28-29-31-33-35(36)37-34-32-30-10-8-6-4-2/h4H,2-3,5-34H2,1H3. The van der Waals surface area contributed by atoms with E-state index in [1.807, 2.05) is 6.08 Å². The van der Waals surface area contributed by atoms with Gasteiger partial charge in [0.15, 0.2) is 0 Å². The van der Waals surface area contributed by atoms with Crippen LogP contribution in [0, 0.1) is 0 Å². The Hall–Kier alpha value is -0.790. The third kappa shape index (κ3) is 33.2. The Morgan fingerprint density at radius 1 is 0.486 bits per heavy atom. The predicted octanol–water partition coefficient (Wildman–Crippen LogP) is 12.4. The fraction of sp³-hybridized carbons (Fsp3) is 0.914. The van der Waals surface area contributed by atoms with Crippen molar-refractivity contribution in [2.75, 3.05) is 6.61 Å². The maximum Gasteiger partial charge on any atom is 0.305 e. The zero-order chi connectivity index (χ0) is 26.9. The molecule has 0 bridgehead atoms. The van der Waals surface area contributed by atoms with Gasteiger partial charge in [0.05, 0.1) is 6.61 Å². The number of hydrogen-bond acceptors (Lipinski definition) is 2. The Bertz CT molecular complexity index is 445. The number of ether oxygens (including phenoxy) is 1. The number of carbonyl (C=O) groups is 1. The summed E-state index contributed by atoms with van der Waals surface area (Å²) >= 11 is 0. The van der Waals surface area contributed by atoms with E-state index in [0.29, 0.717) is 13.0 Å². The van der Waals surface area contributed by atoms with Crippen LogP contribution in [0.5, 0.6) is 0 Å². The Balaban J connectivity index is 3.10. The molecule has 0 aliphatic rings. The molecule has 0 fully saturated rings. The summed E-state index contributed by atoms with van der Waals surface area (Å²) in [6, 6.07) is 0. The van der Waals surface area contributed by atoms with Gasteiger partial charge in [-0.25, -0.2) is 0 Å².